The Balaban J connectivity index is 1.66. The molecule has 0 aromatic carbocycles. The van der Waals surface area contributed by atoms with Crippen molar-refractivity contribution in [1.82, 2.24) is 10.6 Å². The van der Waals surface area contributed by atoms with E-state index in [1.165, 1.54) is 0 Å². The number of rotatable bonds is 3. The average Bonchev–Trinajstić information content (AvgIpc) is 2.47. The second-order valence-corrected chi connectivity index (χ2v) is 5.17. The van der Waals surface area contributed by atoms with Gasteiger partial charge in [0.25, 0.3) is 0 Å². The van der Waals surface area contributed by atoms with Crippen molar-refractivity contribution in [3.05, 3.63) is 59.8 Å². The van der Waals surface area contributed by atoms with E-state index >= 15 is 0 Å². The van der Waals surface area contributed by atoms with E-state index in [-0.39, 0.29) is 6.10 Å². The maximum atomic E-state index is 5.72. The maximum Gasteiger partial charge on any atom is 0.125 e. The van der Waals surface area contributed by atoms with Gasteiger partial charge in [0, 0.05) is 18.2 Å². The normalized spacial score (nSPS) is 28.1. The summed E-state index contributed by atoms with van der Waals surface area (Å²) in [6, 6.07) is 0.331. The van der Waals surface area contributed by atoms with Gasteiger partial charge in [0.05, 0.1) is 6.61 Å². The third kappa shape index (κ3) is 2.80. The van der Waals surface area contributed by atoms with Crippen molar-refractivity contribution >= 4 is 0 Å². The van der Waals surface area contributed by atoms with Crippen molar-refractivity contribution in [3.63, 3.8) is 0 Å². The van der Waals surface area contributed by atoms with Crippen LogP contribution in [0.15, 0.2) is 59.8 Å². The van der Waals surface area contributed by atoms with E-state index in [9.17, 15) is 0 Å². The Bertz CT molecular complexity index is 529. The largest absolute Gasteiger partial charge is 0.493 e. The molecule has 1 unspecified atom stereocenters. The molecule has 20 heavy (non-hydrogen) atoms. The highest BCUT2D eigenvalue weighted by atomic mass is 16.6. The molecule has 2 heterocycles. The summed E-state index contributed by atoms with van der Waals surface area (Å²) in [5.41, 5.74) is 2.05. The lowest BCUT2D eigenvalue weighted by Gasteiger charge is -2.30. The third-order valence-corrected chi connectivity index (χ3v) is 3.56. The minimum absolute atomic E-state index is 0.0365. The molecular formula is C16H20N2O2. The molecule has 3 rings (SSSR count). The highest BCUT2D eigenvalue weighted by Crippen LogP contribution is 2.28. The summed E-state index contributed by atoms with van der Waals surface area (Å²) in [4.78, 5) is 0. The fraction of sp³-hybridized carbons (Fsp3) is 0.375. The summed E-state index contributed by atoms with van der Waals surface area (Å²) in [7, 11) is 0. The van der Waals surface area contributed by atoms with Crippen LogP contribution in [0.3, 0.4) is 0 Å². The Morgan fingerprint density at radius 1 is 1.35 bits per heavy atom. The molecule has 2 N–H and O–H groups in total. The van der Waals surface area contributed by atoms with Crippen molar-refractivity contribution in [3.8, 4) is 0 Å². The maximum absolute atomic E-state index is 5.72. The molecule has 0 spiro atoms. The molecule has 4 heteroatoms. The van der Waals surface area contributed by atoms with E-state index in [1.807, 2.05) is 18.2 Å². The van der Waals surface area contributed by atoms with E-state index in [4.69, 9.17) is 9.47 Å². The Morgan fingerprint density at radius 3 is 3.10 bits per heavy atom. The monoisotopic (exact) mass is 272 g/mol. The van der Waals surface area contributed by atoms with E-state index in [1.54, 1.807) is 0 Å². The first kappa shape index (κ1) is 13.1. The number of nitrogens with one attached hydrogen (secondary N) is 2. The second-order valence-electron chi connectivity index (χ2n) is 5.17. The predicted octanol–water partition coefficient (Wildman–Crippen LogP) is 2.11. The lowest BCUT2D eigenvalue weighted by molar-refractivity contribution is -0.0424. The van der Waals surface area contributed by atoms with Gasteiger partial charge < -0.3 is 20.1 Å². The summed E-state index contributed by atoms with van der Waals surface area (Å²) < 4.78 is 11.3. The number of ether oxygens (including phenoxy) is 2. The molecule has 0 aromatic rings. The van der Waals surface area contributed by atoms with Crippen LogP contribution >= 0.6 is 0 Å². The van der Waals surface area contributed by atoms with E-state index < -0.39 is 0 Å². The van der Waals surface area contributed by atoms with Crippen molar-refractivity contribution < 1.29 is 9.47 Å². The van der Waals surface area contributed by atoms with Gasteiger partial charge in [-0.1, -0.05) is 24.8 Å². The molecule has 0 saturated carbocycles. The summed E-state index contributed by atoms with van der Waals surface area (Å²) in [6.07, 6.45) is 11.0. The first-order valence-electron chi connectivity index (χ1n) is 6.99. The van der Waals surface area contributed by atoms with Gasteiger partial charge in [-0.3, -0.25) is 0 Å². The van der Waals surface area contributed by atoms with Crippen LogP contribution in [-0.4, -0.2) is 25.4 Å². The molecule has 4 nitrogen and oxygen atoms in total. The molecule has 0 aromatic heterocycles. The summed E-state index contributed by atoms with van der Waals surface area (Å²) in [5, 5.41) is 6.67. The topological polar surface area (TPSA) is 42.5 Å². The molecule has 2 atom stereocenters. The molecule has 0 amide bonds. The van der Waals surface area contributed by atoms with Crippen LogP contribution < -0.4 is 10.6 Å². The number of dihydropyridines is 1. The van der Waals surface area contributed by atoms with Crippen molar-refractivity contribution in [2.45, 2.75) is 25.5 Å². The number of hydrogen-bond acceptors (Lipinski definition) is 4. The summed E-state index contributed by atoms with van der Waals surface area (Å²) in [5.74, 6) is 1.90. The third-order valence-electron chi connectivity index (χ3n) is 3.56. The van der Waals surface area contributed by atoms with Crippen LogP contribution in [0.2, 0.25) is 0 Å². The Kier molecular flexibility index (Phi) is 3.65. The molecule has 1 aliphatic carbocycles. The minimum atomic E-state index is 0.0365. The lowest BCUT2D eigenvalue weighted by Crippen LogP contribution is -2.34. The van der Waals surface area contributed by atoms with Gasteiger partial charge in [0.1, 0.15) is 24.3 Å². The first-order valence-corrected chi connectivity index (χ1v) is 6.99. The van der Waals surface area contributed by atoms with Crippen LogP contribution in [0, 0.1) is 0 Å². The SMILES string of the molecule is C=C(NC1=CC=C[C@@H](C)N1)C1=CC=C2OCCOC2C1. The highest BCUT2D eigenvalue weighted by Gasteiger charge is 2.25. The quantitative estimate of drug-likeness (QED) is 0.826. The second kappa shape index (κ2) is 5.59. The molecule has 1 saturated heterocycles. The zero-order valence-electron chi connectivity index (χ0n) is 11.7. The van der Waals surface area contributed by atoms with Gasteiger partial charge in [-0.05, 0) is 24.6 Å². The van der Waals surface area contributed by atoms with Crippen LogP contribution in [0.5, 0.6) is 0 Å². The number of hydrogen-bond donors (Lipinski definition) is 2. The van der Waals surface area contributed by atoms with Crippen LogP contribution in [0.1, 0.15) is 13.3 Å². The van der Waals surface area contributed by atoms with Gasteiger partial charge >= 0.3 is 0 Å². The minimum Gasteiger partial charge on any atom is -0.493 e. The molecule has 1 fully saturated rings. The smallest absolute Gasteiger partial charge is 0.125 e. The highest BCUT2D eigenvalue weighted by molar-refractivity contribution is 5.38. The Morgan fingerprint density at radius 2 is 2.25 bits per heavy atom. The van der Waals surface area contributed by atoms with Gasteiger partial charge in [0.15, 0.2) is 0 Å². The zero-order chi connectivity index (χ0) is 13.9. The Hall–Kier alpha value is -1.94. The zero-order valence-corrected chi connectivity index (χ0v) is 11.7. The summed E-state index contributed by atoms with van der Waals surface area (Å²) in [6.45, 7) is 7.53. The average molecular weight is 272 g/mol. The van der Waals surface area contributed by atoms with Gasteiger partial charge in [-0.15, -0.1) is 0 Å². The molecule has 3 aliphatic rings. The van der Waals surface area contributed by atoms with Crippen molar-refractivity contribution in [2.75, 3.05) is 13.2 Å². The van der Waals surface area contributed by atoms with E-state index in [0.29, 0.717) is 19.3 Å². The van der Waals surface area contributed by atoms with Gasteiger partial charge in [-0.2, -0.15) is 0 Å². The standard InChI is InChI=1S/C16H20N2O2/c1-11-4-3-5-16(17-11)18-12(2)13-6-7-14-15(10-13)20-9-8-19-14/h3-7,11,15,17-18H,2,8-10H2,1H3/t11-,15?/m1/s1. The summed E-state index contributed by atoms with van der Waals surface area (Å²) >= 11 is 0. The first-order chi connectivity index (χ1) is 9.72. The van der Waals surface area contributed by atoms with Gasteiger partial charge in [0.2, 0.25) is 0 Å². The number of allylic oxidation sites excluding steroid dienone is 5. The molecule has 0 radical (unpaired) electrons. The van der Waals surface area contributed by atoms with Crippen LogP contribution in [-0.2, 0) is 9.47 Å². The van der Waals surface area contributed by atoms with Crippen LogP contribution in [0.4, 0.5) is 0 Å². The van der Waals surface area contributed by atoms with Crippen molar-refractivity contribution in [2.24, 2.45) is 0 Å². The van der Waals surface area contributed by atoms with Crippen molar-refractivity contribution in [1.29, 1.82) is 0 Å². The van der Waals surface area contributed by atoms with Crippen LogP contribution in [0.25, 0.3) is 0 Å². The fourth-order valence-corrected chi connectivity index (χ4v) is 2.49. The molecular weight excluding hydrogens is 252 g/mol. The van der Waals surface area contributed by atoms with Gasteiger partial charge in [-0.25, -0.2) is 0 Å². The van der Waals surface area contributed by atoms with E-state index in [2.05, 4.69) is 36.3 Å². The van der Waals surface area contributed by atoms with E-state index in [0.717, 1.165) is 29.3 Å². The fourth-order valence-electron chi connectivity index (χ4n) is 2.49. The molecule has 106 valence electrons. The molecule has 0 bridgehead atoms. The lowest BCUT2D eigenvalue weighted by atomic mass is 9.98. The predicted molar refractivity (Wildman–Crippen MR) is 78.6 cm³/mol. The molecule has 2 aliphatic heterocycles. The Labute approximate surface area is 119 Å². The number of fused-ring (bicyclic) bond motifs is 1.